The van der Waals surface area contributed by atoms with E-state index in [0.717, 1.165) is 29.9 Å². The van der Waals surface area contributed by atoms with E-state index in [4.69, 9.17) is 4.52 Å². The quantitative estimate of drug-likeness (QED) is 0.851. The normalized spacial score (nSPS) is 18.5. The van der Waals surface area contributed by atoms with Gasteiger partial charge in [-0.05, 0) is 30.9 Å². The third-order valence-corrected chi connectivity index (χ3v) is 5.67. The molecule has 6 nitrogen and oxygen atoms in total. The third kappa shape index (κ3) is 2.43. The van der Waals surface area contributed by atoms with E-state index in [0.29, 0.717) is 31.6 Å². The second-order valence-corrected chi connectivity index (χ2v) is 7.18. The number of fused-ring (bicyclic) bond motifs is 2. The summed E-state index contributed by atoms with van der Waals surface area (Å²) < 4.78 is 5.23. The first-order valence-corrected chi connectivity index (χ1v) is 9.19. The number of rotatable bonds is 3. The van der Waals surface area contributed by atoms with Gasteiger partial charge in [-0.1, -0.05) is 30.3 Å². The summed E-state index contributed by atoms with van der Waals surface area (Å²) in [6, 6.07) is 9.71. The number of hydrogen-bond acceptors (Lipinski definition) is 4. The van der Waals surface area contributed by atoms with Gasteiger partial charge < -0.3 is 14.3 Å². The van der Waals surface area contributed by atoms with Crippen LogP contribution in [0, 0.1) is 0 Å². The number of piperidine rings is 1. The maximum absolute atomic E-state index is 13.0. The van der Waals surface area contributed by atoms with Crippen LogP contribution >= 0.6 is 0 Å². The number of hydrogen-bond donors (Lipinski definition) is 0. The highest BCUT2D eigenvalue weighted by Gasteiger charge is 2.51. The summed E-state index contributed by atoms with van der Waals surface area (Å²) in [7, 11) is 1.83. The summed E-state index contributed by atoms with van der Waals surface area (Å²) >= 11 is 0. The first-order valence-electron chi connectivity index (χ1n) is 9.19. The number of anilines is 1. The Labute approximate surface area is 152 Å². The van der Waals surface area contributed by atoms with Crippen LogP contribution in [0.1, 0.15) is 48.0 Å². The molecule has 0 aliphatic carbocycles. The first kappa shape index (κ1) is 16.8. The molecule has 2 aliphatic heterocycles. The van der Waals surface area contributed by atoms with Crippen LogP contribution in [0.2, 0.25) is 0 Å². The lowest BCUT2D eigenvalue weighted by Crippen LogP contribution is -2.49. The molecule has 1 aromatic heterocycles. The van der Waals surface area contributed by atoms with Gasteiger partial charge in [0, 0.05) is 38.3 Å². The van der Waals surface area contributed by atoms with Crippen LogP contribution in [-0.4, -0.2) is 42.0 Å². The van der Waals surface area contributed by atoms with E-state index in [1.54, 1.807) is 15.9 Å². The van der Waals surface area contributed by atoms with Crippen molar-refractivity contribution in [3.05, 3.63) is 47.3 Å². The summed E-state index contributed by atoms with van der Waals surface area (Å²) in [4.78, 5) is 29.2. The highest BCUT2D eigenvalue weighted by Crippen LogP contribution is 2.47. The van der Waals surface area contributed by atoms with Gasteiger partial charge in [-0.2, -0.15) is 0 Å². The van der Waals surface area contributed by atoms with E-state index < -0.39 is 5.41 Å². The predicted octanol–water partition coefficient (Wildman–Crippen LogP) is 2.78. The molecule has 3 heterocycles. The molecule has 1 aromatic carbocycles. The monoisotopic (exact) mass is 353 g/mol. The Kier molecular flexibility index (Phi) is 4.05. The van der Waals surface area contributed by atoms with E-state index in [-0.39, 0.29) is 11.8 Å². The van der Waals surface area contributed by atoms with Gasteiger partial charge in [0.15, 0.2) is 5.69 Å². The molecule has 0 saturated carbocycles. The van der Waals surface area contributed by atoms with E-state index in [1.807, 2.05) is 31.3 Å². The van der Waals surface area contributed by atoms with E-state index >= 15 is 0 Å². The van der Waals surface area contributed by atoms with E-state index in [2.05, 4.69) is 12.1 Å². The van der Waals surface area contributed by atoms with Crippen molar-refractivity contribution < 1.29 is 14.1 Å². The highest BCUT2D eigenvalue weighted by atomic mass is 16.5. The number of likely N-dealkylation sites (N-methyl/N-ethyl adjacent to an activating group) is 1. The molecule has 1 saturated heterocycles. The van der Waals surface area contributed by atoms with Gasteiger partial charge in [0.2, 0.25) is 5.91 Å². The van der Waals surface area contributed by atoms with Crippen molar-refractivity contribution in [2.24, 2.45) is 0 Å². The fourth-order valence-corrected chi connectivity index (χ4v) is 4.23. The van der Waals surface area contributed by atoms with E-state index in [9.17, 15) is 9.59 Å². The molecule has 6 heteroatoms. The van der Waals surface area contributed by atoms with Crippen LogP contribution in [0.5, 0.6) is 0 Å². The van der Waals surface area contributed by atoms with Gasteiger partial charge in [0.1, 0.15) is 5.76 Å². The van der Waals surface area contributed by atoms with Crippen LogP contribution < -0.4 is 4.90 Å². The number of nitrogens with zero attached hydrogens (tertiary/aromatic N) is 3. The Bertz CT molecular complexity index is 849. The minimum Gasteiger partial charge on any atom is -0.361 e. The Morgan fingerprint density at radius 3 is 2.73 bits per heavy atom. The summed E-state index contributed by atoms with van der Waals surface area (Å²) in [6.07, 6.45) is 3.00. The first-order chi connectivity index (χ1) is 12.6. The molecule has 136 valence electrons. The standard InChI is InChI=1S/C20H23N3O3/c1-3-6-14-13-16(21-26-14)18(24)23-11-9-20(10-12-23)15-7-4-5-8-17(15)22(2)19(20)25/h4-5,7-8,13H,3,6,9-12H2,1-2H3. The maximum atomic E-state index is 13.0. The summed E-state index contributed by atoms with van der Waals surface area (Å²) in [5.41, 5.74) is 1.93. The lowest BCUT2D eigenvalue weighted by Gasteiger charge is -2.38. The van der Waals surface area contributed by atoms with Crippen molar-refractivity contribution in [3.8, 4) is 0 Å². The summed E-state index contributed by atoms with van der Waals surface area (Å²) in [5, 5.41) is 3.92. The van der Waals surface area contributed by atoms with Crippen molar-refractivity contribution in [1.82, 2.24) is 10.1 Å². The van der Waals surface area contributed by atoms with Crippen LogP contribution in [0.4, 0.5) is 5.69 Å². The fraction of sp³-hybridized carbons (Fsp3) is 0.450. The fourth-order valence-electron chi connectivity index (χ4n) is 4.23. The average molecular weight is 353 g/mol. The summed E-state index contributed by atoms with van der Waals surface area (Å²) in [5.74, 6) is 0.765. The molecule has 0 unspecified atom stereocenters. The van der Waals surface area contributed by atoms with Crippen LogP contribution in [0.15, 0.2) is 34.9 Å². The van der Waals surface area contributed by atoms with Crippen molar-refractivity contribution in [1.29, 1.82) is 0 Å². The molecule has 2 aliphatic rings. The van der Waals surface area contributed by atoms with Crippen molar-refractivity contribution >= 4 is 17.5 Å². The second kappa shape index (κ2) is 6.27. The number of aryl methyl sites for hydroxylation is 1. The Morgan fingerprint density at radius 1 is 1.27 bits per heavy atom. The maximum Gasteiger partial charge on any atom is 0.276 e. The Morgan fingerprint density at radius 2 is 2.00 bits per heavy atom. The molecular weight excluding hydrogens is 330 g/mol. The molecule has 1 spiro atoms. The molecule has 26 heavy (non-hydrogen) atoms. The van der Waals surface area contributed by atoms with Gasteiger partial charge in [-0.3, -0.25) is 9.59 Å². The molecule has 2 aromatic rings. The number of benzene rings is 1. The molecule has 0 atom stereocenters. The summed E-state index contributed by atoms with van der Waals surface area (Å²) in [6.45, 7) is 3.15. The number of amides is 2. The van der Waals surface area contributed by atoms with Gasteiger partial charge in [0.25, 0.3) is 5.91 Å². The third-order valence-electron chi connectivity index (χ3n) is 5.67. The average Bonchev–Trinajstić information content (AvgIpc) is 3.22. The SMILES string of the molecule is CCCc1cc(C(=O)N2CCC3(CC2)C(=O)N(C)c2ccccc23)no1. The lowest BCUT2D eigenvalue weighted by atomic mass is 9.73. The lowest BCUT2D eigenvalue weighted by molar-refractivity contribution is -0.124. The smallest absolute Gasteiger partial charge is 0.276 e. The minimum absolute atomic E-state index is 0.113. The molecule has 2 amide bonds. The van der Waals surface area contributed by atoms with Gasteiger partial charge >= 0.3 is 0 Å². The van der Waals surface area contributed by atoms with Crippen molar-refractivity contribution in [2.75, 3.05) is 25.0 Å². The Hall–Kier alpha value is -2.63. The van der Waals surface area contributed by atoms with Crippen LogP contribution in [-0.2, 0) is 16.6 Å². The second-order valence-electron chi connectivity index (χ2n) is 7.18. The van der Waals surface area contributed by atoms with Crippen LogP contribution in [0.3, 0.4) is 0 Å². The molecule has 0 radical (unpaired) electrons. The molecule has 1 fully saturated rings. The van der Waals surface area contributed by atoms with Gasteiger partial charge in [0.05, 0.1) is 5.41 Å². The van der Waals surface area contributed by atoms with Gasteiger partial charge in [-0.25, -0.2) is 0 Å². The zero-order valence-electron chi connectivity index (χ0n) is 15.2. The minimum atomic E-state index is -0.501. The largest absolute Gasteiger partial charge is 0.361 e. The molecule has 4 rings (SSSR count). The molecule has 0 N–H and O–H groups in total. The molecule has 0 bridgehead atoms. The Balaban J connectivity index is 1.52. The number of para-hydroxylation sites is 1. The zero-order chi connectivity index (χ0) is 18.3. The number of likely N-dealkylation sites (tertiary alicyclic amines) is 1. The topological polar surface area (TPSA) is 66.7 Å². The zero-order valence-corrected chi connectivity index (χ0v) is 15.2. The molecular formula is C20H23N3O3. The van der Waals surface area contributed by atoms with E-state index in [1.165, 1.54) is 0 Å². The van der Waals surface area contributed by atoms with Crippen molar-refractivity contribution in [3.63, 3.8) is 0 Å². The highest BCUT2D eigenvalue weighted by molar-refractivity contribution is 6.08. The number of carbonyl (C=O) groups is 2. The predicted molar refractivity (Wildman–Crippen MR) is 97.2 cm³/mol. The number of aromatic nitrogens is 1. The number of carbonyl (C=O) groups excluding carboxylic acids is 2. The van der Waals surface area contributed by atoms with Crippen molar-refractivity contribution in [2.45, 2.75) is 38.0 Å². The van der Waals surface area contributed by atoms with Gasteiger partial charge in [-0.15, -0.1) is 0 Å². The van der Waals surface area contributed by atoms with Crippen LogP contribution in [0.25, 0.3) is 0 Å².